The van der Waals surface area contributed by atoms with E-state index in [9.17, 15) is 0 Å². The molecule has 2 nitrogen and oxygen atoms in total. The first kappa shape index (κ1) is 16.0. The van der Waals surface area contributed by atoms with E-state index >= 15 is 0 Å². The number of thiophene rings is 1. The molecule has 0 aliphatic carbocycles. The standard InChI is InChI=1S/C14H22Br2N2S/c1-10(2)18(8-11-5-3-4-6-17-11)9-12-7-13(15)14(16)19-12/h7,10-11,17H,3-6,8-9H2,1-2H3. The first-order valence-corrected chi connectivity index (χ1v) is 9.37. The third-order valence-corrected chi connectivity index (χ3v) is 6.89. The Morgan fingerprint density at radius 2 is 2.21 bits per heavy atom. The summed E-state index contributed by atoms with van der Waals surface area (Å²) >= 11 is 8.99. The van der Waals surface area contributed by atoms with Gasteiger partial charge in [0.05, 0.1) is 3.79 Å². The van der Waals surface area contributed by atoms with Gasteiger partial charge in [-0.15, -0.1) is 11.3 Å². The molecule has 1 fully saturated rings. The quantitative estimate of drug-likeness (QED) is 0.762. The van der Waals surface area contributed by atoms with Gasteiger partial charge in [0.25, 0.3) is 0 Å². The average Bonchev–Trinajstić information content (AvgIpc) is 2.69. The predicted octanol–water partition coefficient (Wildman–Crippen LogP) is 4.63. The SMILES string of the molecule is CC(C)N(Cc1cc(Br)c(Br)s1)CC1CCCCN1. The molecule has 2 heterocycles. The van der Waals surface area contributed by atoms with Crippen molar-refractivity contribution < 1.29 is 0 Å². The highest BCUT2D eigenvalue weighted by molar-refractivity contribution is 9.13. The minimum atomic E-state index is 0.586. The summed E-state index contributed by atoms with van der Waals surface area (Å²) in [4.78, 5) is 4.00. The number of rotatable bonds is 5. The molecule has 2 rings (SSSR count). The van der Waals surface area contributed by atoms with Gasteiger partial charge in [0.2, 0.25) is 0 Å². The molecule has 0 bridgehead atoms. The van der Waals surface area contributed by atoms with Gasteiger partial charge in [-0.2, -0.15) is 0 Å². The van der Waals surface area contributed by atoms with Crippen molar-refractivity contribution >= 4 is 43.2 Å². The van der Waals surface area contributed by atoms with Crippen molar-refractivity contribution in [1.29, 1.82) is 0 Å². The highest BCUT2D eigenvalue weighted by Gasteiger charge is 2.19. The summed E-state index contributed by atoms with van der Waals surface area (Å²) in [5.41, 5.74) is 0. The fourth-order valence-corrected chi connectivity index (χ4v) is 4.69. The number of hydrogen-bond donors (Lipinski definition) is 1. The van der Waals surface area contributed by atoms with Gasteiger partial charge in [-0.3, -0.25) is 4.90 Å². The Morgan fingerprint density at radius 3 is 2.74 bits per heavy atom. The summed E-state index contributed by atoms with van der Waals surface area (Å²) < 4.78 is 2.37. The van der Waals surface area contributed by atoms with E-state index in [1.54, 1.807) is 0 Å². The molecule has 0 spiro atoms. The first-order valence-electron chi connectivity index (χ1n) is 6.97. The minimum absolute atomic E-state index is 0.586. The fraction of sp³-hybridized carbons (Fsp3) is 0.714. The van der Waals surface area contributed by atoms with Crippen LogP contribution in [0.15, 0.2) is 14.3 Å². The first-order chi connectivity index (χ1) is 9.06. The second-order valence-corrected chi connectivity index (χ2v) is 8.81. The second kappa shape index (κ2) is 7.55. The van der Waals surface area contributed by atoms with Crippen molar-refractivity contribution in [3.8, 4) is 0 Å². The van der Waals surface area contributed by atoms with Crippen molar-refractivity contribution in [3.05, 3.63) is 19.2 Å². The summed E-state index contributed by atoms with van der Waals surface area (Å²) in [6.45, 7) is 7.98. The summed E-state index contributed by atoms with van der Waals surface area (Å²) in [7, 11) is 0. The molecule has 0 amide bonds. The van der Waals surface area contributed by atoms with Crippen molar-refractivity contribution in [2.45, 2.75) is 51.7 Å². The highest BCUT2D eigenvalue weighted by Crippen LogP contribution is 2.33. The van der Waals surface area contributed by atoms with Gasteiger partial charge < -0.3 is 5.32 Å². The molecule has 1 unspecified atom stereocenters. The Hall–Kier alpha value is 0.580. The van der Waals surface area contributed by atoms with Gasteiger partial charge in [0.15, 0.2) is 0 Å². The van der Waals surface area contributed by atoms with Gasteiger partial charge in [-0.05, 0) is 71.2 Å². The molecular formula is C14H22Br2N2S. The molecule has 1 atom stereocenters. The molecule has 1 aromatic rings. The Bertz CT molecular complexity index is 381. The van der Waals surface area contributed by atoms with Gasteiger partial charge in [-0.1, -0.05) is 6.42 Å². The number of halogens is 2. The van der Waals surface area contributed by atoms with Crippen molar-refractivity contribution in [2.24, 2.45) is 0 Å². The van der Waals surface area contributed by atoms with E-state index in [0.717, 1.165) is 13.1 Å². The predicted molar refractivity (Wildman–Crippen MR) is 90.9 cm³/mol. The van der Waals surface area contributed by atoms with Crippen LogP contribution < -0.4 is 5.32 Å². The van der Waals surface area contributed by atoms with Crippen LogP contribution in [0, 0.1) is 0 Å². The van der Waals surface area contributed by atoms with Crippen LogP contribution in [0.3, 0.4) is 0 Å². The number of piperidine rings is 1. The van der Waals surface area contributed by atoms with E-state index in [4.69, 9.17) is 0 Å². The molecule has 0 saturated carbocycles. The monoisotopic (exact) mass is 408 g/mol. The van der Waals surface area contributed by atoms with E-state index < -0.39 is 0 Å². The smallest absolute Gasteiger partial charge is 0.0843 e. The number of nitrogens with one attached hydrogen (secondary N) is 1. The molecule has 1 aliphatic rings. The van der Waals surface area contributed by atoms with E-state index in [1.165, 1.54) is 38.9 Å². The average molecular weight is 410 g/mol. The molecule has 1 aromatic heterocycles. The summed E-state index contributed by atoms with van der Waals surface area (Å²) in [5, 5.41) is 3.65. The van der Waals surface area contributed by atoms with Gasteiger partial charge in [0.1, 0.15) is 0 Å². The molecule has 0 radical (unpaired) electrons. The lowest BCUT2D eigenvalue weighted by atomic mass is 10.0. The van der Waals surface area contributed by atoms with E-state index in [-0.39, 0.29) is 0 Å². The normalized spacial score (nSPS) is 20.4. The molecule has 1 saturated heterocycles. The van der Waals surface area contributed by atoms with Crippen LogP contribution in [0.5, 0.6) is 0 Å². The Morgan fingerprint density at radius 1 is 1.42 bits per heavy atom. The van der Waals surface area contributed by atoms with Crippen molar-refractivity contribution in [2.75, 3.05) is 13.1 Å². The number of hydrogen-bond acceptors (Lipinski definition) is 3. The van der Waals surface area contributed by atoms with Crippen molar-refractivity contribution in [3.63, 3.8) is 0 Å². The maximum absolute atomic E-state index is 3.65. The zero-order chi connectivity index (χ0) is 13.8. The zero-order valence-corrected chi connectivity index (χ0v) is 15.6. The van der Waals surface area contributed by atoms with Crippen LogP contribution >= 0.6 is 43.2 Å². The second-order valence-electron chi connectivity index (χ2n) is 5.50. The largest absolute Gasteiger partial charge is 0.313 e. The topological polar surface area (TPSA) is 15.3 Å². The molecule has 108 valence electrons. The van der Waals surface area contributed by atoms with Crippen LogP contribution in [0.25, 0.3) is 0 Å². The lowest BCUT2D eigenvalue weighted by Crippen LogP contribution is -2.45. The third kappa shape index (κ3) is 4.81. The van der Waals surface area contributed by atoms with E-state index in [2.05, 4.69) is 62.0 Å². The van der Waals surface area contributed by atoms with Crippen LogP contribution in [-0.4, -0.2) is 30.1 Å². The van der Waals surface area contributed by atoms with Crippen LogP contribution in [0.1, 0.15) is 38.0 Å². The fourth-order valence-electron chi connectivity index (χ4n) is 2.49. The summed E-state index contributed by atoms with van der Waals surface area (Å²) in [6.07, 6.45) is 4.03. The van der Waals surface area contributed by atoms with Crippen LogP contribution in [-0.2, 0) is 6.54 Å². The Labute approximate surface area is 137 Å². The molecular weight excluding hydrogens is 388 g/mol. The molecule has 1 aliphatic heterocycles. The van der Waals surface area contributed by atoms with E-state index in [0.29, 0.717) is 12.1 Å². The Kier molecular flexibility index (Phi) is 6.34. The molecule has 1 N–H and O–H groups in total. The maximum atomic E-state index is 3.65. The van der Waals surface area contributed by atoms with Gasteiger partial charge in [-0.25, -0.2) is 0 Å². The highest BCUT2D eigenvalue weighted by atomic mass is 79.9. The maximum Gasteiger partial charge on any atom is 0.0843 e. The zero-order valence-electron chi connectivity index (χ0n) is 11.6. The number of nitrogens with zero attached hydrogens (tertiary/aromatic N) is 1. The lowest BCUT2D eigenvalue weighted by molar-refractivity contribution is 0.178. The lowest BCUT2D eigenvalue weighted by Gasteiger charge is -2.32. The molecule has 5 heteroatoms. The summed E-state index contributed by atoms with van der Waals surface area (Å²) in [5.74, 6) is 0. The van der Waals surface area contributed by atoms with Crippen LogP contribution in [0.2, 0.25) is 0 Å². The van der Waals surface area contributed by atoms with E-state index in [1.807, 2.05) is 11.3 Å². The Balaban J connectivity index is 1.95. The minimum Gasteiger partial charge on any atom is -0.313 e. The van der Waals surface area contributed by atoms with Crippen molar-refractivity contribution in [1.82, 2.24) is 10.2 Å². The third-order valence-electron chi connectivity index (χ3n) is 3.65. The molecule has 0 aromatic carbocycles. The van der Waals surface area contributed by atoms with Gasteiger partial charge >= 0.3 is 0 Å². The van der Waals surface area contributed by atoms with Crippen LogP contribution in [0.4, 0.5) is 0 Å². The molecule has 19 heavy (non-hydrogen) atoms. The summed E-state index contributed by atoms with van der Waals surface area (Å²) in [6, 6.07) is 3.49. The van der Waals surface area contributed by atoms with Gasteiger partial charge in [0, 0.05) is 34.5 Å².